The van der Waals surface area contributed by atoms with E-state index in [-0.39, 0.29) is 5.91 Å². The highest BCUT2D eigenvalue weighted by molar-refractivity contribution is 5.99. The van der Waals surface area contributed by atoms with Gasteiger partial charge < -0.3 is 11.1 Å². The Balaban J connectivity index is 1.81. The number of nitrogens with zero attached hydrogens (tertiary/aromatic N) is 1. The molecule has 94 valence electrons. The van der Waals surface area contributed by atoms with E-state index in [2.05, 4.69) is 15.5 Å². The third-order valence-corrected chi connectivity index (χ3v) is 3.61. The monoisotopic (exact) mass is 244 g/mol. The van der Waals surface area contributed by atoms with Gasteiger partial charge in [-0.2, -0.15) is 5.10 Å². The van der Waals surface area contributed by atoms with Crippen LogP contribution >= 0.6 is 0 Å². The second-order valence-corrected chi connectivity index (χ2v) is 5.18. The second kappa shape index (κ2) is 3.81. The molecule has 0 saturated heterocycles. The summed E-state index contributed by atoms with van der Waals surface area (Å²) < 4.78 is 0. The van der Waals surface area contributed by atoms with Gasteiger partial charge in [-0.1, -0.05) is 0 Å². The van der Waals surface area contributed by atoms with Gasteiger partial charge in [-0.15, -0.1) is 0 Å². The fraction of sp³-hybridized carbons (Fsp3) is 0.385. The number of fused-ring (bicyclic) bond motifs is 1. The van der Waals surface area contributed by atoms with Crippen molar-refractivity contribution >= 4 is 22.5 Å². The fourth-order valence-corrected chi connectivity index (χ4v) is 2.15. The third-order valence-electron chi connectivity index (χ3n) is 3.61. The summed E-state index contributed by atoms with van der Waals surface area (Å²) in [6, 6.07) is 5.64. The number of amides is 1. The molecule has 1 amide bonds. The minimum absolute atomic E-state index is 0.121. The molecule has 18 heavy (non-hydrogen) atoms. The van der Waals surface area contributed by atoms with E-state index in [0.717, 1.165) is 29.4 Å². The maximum Gasteiger partial charge on any atom is 0.244 e. The standard InChI is InChI=1S/C13H16N4O/c1-13(14,9-3-4-9)12(18)16-10-5-2-8-7-15-17-11(8)6-10/h2,5-7,9H,3-4,14H2,1H3,(H,15,17)(H,16,18). The zero-order valence-corrected chi connectivity index (χ0v) is 10.2. The molecule has 1 unspecified atom stereocenters. The number of aromatic nitrogens is 2. The highest BCUT2D eigenvalue weighted by Crippen LogP contribution is 2.38. The van der Waals surface area contributed by atoms with Crippen LogP contribution in [-0.2, 0) is 4.79 Å². The highest BCUT2D eigenvalue weighted by atomic mass is 16.2. The van der Waals surface area contributed by atoms with E-state index in [0.29, 0.717) is 5.92 Å². The number of H-pyrrole nitrogens is 1. The maximum atomic E-state index is 12.1. The number of nitrogens with one attached hydrogen (secondary N) is 2. The van der Waals surface area contributed by atoms with Gasteiger partial charge in [0, 0.05) is 11.1 Å². The summed E-state index contributed by atoms with van der Waals surface area (Å²) in [7, 11) is 0. The van der Waals surface area contributed by atoms with Crippen LogP contribution in [0.15, 0.2) is 24.4 Å². The van der Waals surface area contributed by atoms with Crippen molar-refractivity contribution in [2.45, 2.75) is 25.3 Å². The van der Waals surface area contributed by atoms with Crippen LogP contribution in [0.3, 0.4) is 0 Å². The normalized spacial score (nSPS) is 18.6. The Labute approximate surface area is 105 Å². The summed E-state index contributed by atoms with van der Waals surface area (Å²) in [5.74, 6) is 0.192. The smallest absolute Gasteiger partial charge is 0.244 e. The van der Waals surface area contributed by atoms with Crippen molar-refractivity contribution in [1.82, 2.24) is 10.2 Å². The SMILES string of the molecule is CC(N)(C(=O)Nc1ccc2cn[nH]c2c1)C1CC1. The van der Waals surface area contributed by atoms with Crippen molar-refractivity contribution in [3.05, 3.63) is 24.4 Å². The number of rotatable bonds is 3. The molecule has 1 saturated carbocycles. The summed E-state index contributed by atoms with van der Waals surface area (Å²) in [5.41, 5.74) is 6.94. The number of hydrogen-bond donors (Lipinski definition) is 3. The first-order chi connectivity index (χ1) is 8.57. The first-order valence-electron chi connectivity index (χ1n) is 6.11. The van der Waals surface area contributed by atoms with Gasteiger partial charge in [-0.05, 0) is 43.9 Å². The van der Waals surface area contributed by atoms with E-state index in [1.807, 2.05) is 18.2 Å². The van der Waals surface area contributed by atoms with Gasteiger partial charge in [-0.3, -0.25) is 9.89 Å². The van der Waals surface area contributed by atoms with Crippen LogP contribution in [0.2, 0.25) is 0 Å². The largest absolute Gasteiger partial charge is 0.324 e. The Kier molecular flexibility index (Phi) is 2.38. The molecule has 1 atom stereocenters. The van der Waals surface area contributed by atoms with Crippen LogP contribution in [0, 0.1) is 5.92 Å². The van der Waals surface area contributed by atoms with Crippen molar-refractivity contribution in [3.63, 3.8) is 0 Å². The first-order valence-corrected chi connectivity index (χ1v) is 6.11. The summed E-state index contributed by atoms with van der Waals surface area (Å²) in [6.07, 6.45) is 3.83. The van der Waals surface area contributed by atoms with Crippen molar-refractivity contribution < 1.29 is 4.79 Å². The van der Waals surface area contributed by atoms with E-state index in [1.165, 1.54) is 0 Å². The van der Waals surface area contributed by atoms with Gasteiger partial charge in [0.05, 0.1) is 17.3 Å². The number of anilines is 1. The number of carbonyl (C=O) groups is 1. The number of aromatic amines is 1. The molecular formula is C13H16N4O. The molecule has 5 nitrogen and oxygen atoms in total. The molecule has 1 heterocycles. The maximum absolute atomic E-state index is 12.1. The summed E-state index contributed by atoms with van der Waals surface area (Å²) in [5, 5.41) is 10.7. The highest BCUT2D eigenvalue weighted by Gasteiger charge is 2.44. The van der Waals surface area contributed by atoms with Crippen LogP contribution in [-0.4, -0.2) is 21.6 Å². The lowest BCUT2D eigenvalue weighted by Gasteiger charge is -2.23. The van der Waals surface area contributed by atoms with Crippen molar-refractivity contribution in [3.8, 4) is 0 Å². The zero-order chi connectivity index (χ0) is 12.8. The molecule has 3 rings (SSSR count). The van der Waals surface area contributed by atoms with Crippen LogP contribution in [0.5, 0.6) is 0 Å². The molecule has 1 aliphatic carbocycles. The van der Waals surface area contributed by atoms with Gasteiger partial charge in [0.1, 0.15) is 0 Å². The average Bonchev–Trinajstić information content (AvgIpc) is 3.09. The summed E-state index contributed by atoms with van der Waals surface area (Å²) in [6.45, 7) is 1.80. The van der Waals surface area contributed by atoms with Crippen LogP contribution in [0.4, 0.5) is 5.69 Å². The van der Waals surface area contributed by atoms with Crippen LogP contribution < -0.4 is 11.1 Å². The molecule has 0 aliphatic heterocycles. The van der Waals surface area contributed by atoms with Gasteiger partial charge >= 0.3 is 0 Å². The number of benzene rings is 1. The summed E-state index contributed by atoms with van der Waals surface area (Å²) >= 11 is 0. The van der Waals surface area contributed by atoms with Gasteiger partial charge in [0.2, 0.25) is 5.91 Å². The molecule has 1 aromatic heterocycles. The lowest BCUT2D eigenvalue weighted by Crippen LogP contribution is -2.50. The third kappa shape index (κ3) is 1.86. The Hall–Kier alpha value is -1.88. The number of carbonyl (C=O) groups excluding carboxylic acids is 1. The van der Waals surface area contributed by atoms with Gasteiger partial charge in [0.15, 0.2) is 0 Å². The fourth-order valence-electron chi connectivity index (χ4n) is 2.15. The Morgan fingerprint density at radius 3 is 3.06 bits per heavy atom. The molecule has 2 aromatic rings. The predicted molar refractivity (Wildman–Crippen MR) is 70.0 cm³/mol. The van der Waals surface area contributed by atoms with E-state index >= 15 is 0 Å². The molecule has 1 aliphatic rings. The molecule has 0 bridgehead atoms. The Bertz CT molecular complexity index is 598. The predicted octanol–water partition coefficient (Wildman–Crippen LogP) is 1.63. The number of hydrogen-bond acceptors (Lipinski definition) is 3. The molecule has 0 radical (unpaired) electrons. The quantitative estimate of drug-likeness (QED) is 0.767. The van der Waals surface area contributed by atoms with Crippen molar-refractivity contribution in [2.75, 3.05) is 5.32 Å². The molecule has 0 spiro atoms. The van der Waals surface area contributed by atoms with Gasteiger partial charge in [-0.25, -0.2) is 0 Å². The second-order valence-electron chi connectivity index (χ2n) is 5.18. The first kappa shape index (κ1) is 11.2. The molecule has 4 N–H and O–H groups in total. The van der Waals surface area contributed by atoms with Crippen LogP contribution in [0.25, 0.3) is 10.9 Å². The lowest BCUT2D eigenvalue weighted by molar-refractivity contribution is -0.121. The lowest BCUT2D eigenvalue weighted by atomic mass is 9.96. The van der Waals surface area contributed by atoms with E-state index in [1.54, 1.807) is 13.1 Å². The van der Waals surface area contributed by atoms with Crippen molar-refractivity contribution in [1.29, 1.82) is 0 Å². The van der Waals surface area contributed by atoms with E-state index in [9.17, 15) is 4.79 Å². The van der Waals surface area contributed by atoms with Crippen molar-refractivity contribution in [2.24, 2.45) is 11.7 Å². The topological polar surface area (TPSA) is 83.8 Å². The Morgan fingerprint density at radius 2 is 2.33 bits per heavy atom. The van der Waals surface area contributed by atoms with E-state index < -0.39 is 5.54 Å². The minimum atomic E-state index is -0.775. The molecular weight excluding hydrogens is 228 g/mol. The number of nitrogens with two attached hydrogens (primary N) is 1. The molecule has 5 heteroatoms. The van der Waals surface area contributed by atoms with E-state index in [4.69, 9.17) is 5.73 Å². The van der Waals surface area contributed by atoms with Gasteiger partial charge in [0.25, 0.3) is 0 Å². The average molecular weight is 244 g/mol. The molecule has 1 aromatic carbocycles. The van der Waals surface area contributed by atoms with Crippen LogP contribution in [0.1, 0.15) is 19.8 Å². The summed E-state index contributed by atoms with van der Waals surface area (Å²) in [4.78, 5) is 12.1. The molecule has 1 fully saturated rings. The zero-order valence-electron chi connectivity index (χ0n) is 10.2. The Morgan fingerprint density at radius 1 is 1.56 bits per heavy atom. The minimum Gasteiger partial charge on any atom is -0.324 e.